The van der Waals surface area contributed by atoms with E-state index in [1.54, 1.807) is 25.9 Å². The van der Waals surface area contributed by atoms with Crippen molar-refractivity contribution < 1.29 is 24.3 Å². The largest absolute Gasteiger partial charge is 0.493 e. The van der Waals surface area contributed by atoms with Crippen molar-refractivity contribution in [3.8, 4) is 11.5 Å². The van der Waals surface area contributed by atoms with Gasteiger partial charge in [0.2, 0.25) is 5.91 Å². The van der Waals surface area contributed by atoms with Crippen molar-refractivity contribution in [2.24, 2.45) is 4.99 Å². The van der Waals surface area contributed by atoms with Crippen LogP contribution in [0.4, 0.5) is 0 Å². The van der Waals surface area contributed by atoms with E-state index in [1.807, 2.05) is 48.7 Å². The fourth-order valence-electron chi connectivity index (χ4n) is 4.60. The fraction of sp³-hybridized carbons (Fsp3) is 0.321. The predicted molar refractivity (Wildman–Crippen MR) is 145 cm³/mol. The van der Waals surface area contributed by atoms with Gasteiger partial charge in [-0.25, -0.2) is 5.48 Å². The molecule has 1 unspecified atom stereocenters. The highest BCUT2D eigenvalue weighted by Gasteiger charge is 2.24. The Morgan fingerprint density at radius 2 is 1.92 bits per heavy atom. The SMILES string of the molecule is COc1ccc(CC(C(=O)NCCN=C2CCCC(C(=O)NO)=CN2)c2c[nH]c3ccccc23)cc1OC. The van der Waals surface area contributed by atoms with Crippen molar-refractivity contribution in [2.75, 3.05) is 27.3 Å². The molecule has 0 bridgehead atoms. The summed E-state index contributed by atoms with van der Waals surface area (Å²) in [6.07, 6.45) is 5.88. The molecular formula is C28H33N5O5. The van der Waals surface area contributed by atoms with E-state index in [0.29, 0.717) is 49.4 Å². The first-order valence-electron chi connectivity index (χ1n) is 12.5. The third-order valence-corrected chi connectivity index (χ3v) is 6.58. The molecule has 3 aromatic rings. The van der Waals surface area contributed by atoms with Gasteiger partial charge in [0.25, 0.3) is 5.91 Å². The van der Waals surface area contributed by atoms with E-state index in [0.717, 1.165) is 34.3 Å². The number of nitrogens with zero attached hydrogens (tertiary/aromatic N) is 1. The first kappa shape index (κ1) is 26.7. The first-order valence-corrected chi connectivity index (χ1v) is 12.5. The Hall–Kier alpha value is -4.31. The number of rotatable bonds is 10. The minimum Gasteiger partial charge on any atom is -0.493 e. The average Bonchev–Trinajstić information content (AvgIpc) is 3.23. The number of carbonyl (C=O) groups is 2. The lowest BCUT2D eigenvalue weighted by molar-refractivity contribution is -0.125. The molecule has 0 fully saturated rings. The highest BCUT2D eigenvalue weighted by Crippen LogP contribution is 2.32. The zero-order chi connectivity index (χ0) is 26.9. The van der Waals surface area contributed by atoms with Gasteiger partial charge in [-0.15, -0.1) is 0 Å². The summed E-state index contributed by atoms with van der Waals surface area (Å²) in [5.74, 6) is 0.927. The van der Waals surface area contributed by atoms with Crippen molar-refractivity contribution in [3.63, 3.8) is 0 Å². The van der Waals surface area contributed by atoms with Crippen LogP contribution < -0.4 is 25.6 Å². The van der Waals surface area contributed by atoms with Crippen LogP contribution in [0.1, 0.15) is 36.3 Å². The summed E-state index contributed by atoms with van der Waals surface area (Å²) in [6, 6.07) is 13.6. The van der Waals surface area contributed by atoms with Crippen LogP contribution in [-0.2, 0) is 16.0 Å². The molecule has 4 rings (SSSR count). The highest BCUT2D eigenvalue weighted by atomic mass is 16.5. The lowest BCUT2D eigenvalue weighted by atomic mass is 9.90. The van der Waals surface area contributed by atoms with Crippen molar-refractivity contribution in [1.82, 2.24) is 21.1 Å². The molecule has 2 amide bonds. The Balaban J connectivity index is 1.47. The maximum Gasteiger partial charge on any atom is 0.272 e. The second-order valence-corrected chi connectivity index (χ2v) is 8.96. The summed E-state index contributed by atoms with van der Waals surface area (Å²) >= 11 is 0. The molecule has 5 N–H and O–H groups in total. The summed E-state index contributed by atoms with van der Waals surface area (Å²) in [7, 11) is 3.18. The molecule has 2 aromatic carbocycles. The molecule has 0 saturated carbocycles. The monoisotopic (exact) mass is 519 g/mol. The van der Waals surface area contributed by atoms with Gasteiger partial charge in [0, 0.05) is 41.8 Å². The molecule has 0 aliphatic carbocycles. The third-order valence-electron chi connectivity index (χ3n) is 6.58. The molecule has 10 heteroatoms. The summed E-state index contributed by atoms with van der Waals surface area (Å²) in [5.41, 5.74) is 4.96. The quantitative estimate of drug-likeness (QED) is 0.159. The number of nitrogens with one attached hydrogen (secondary N) is 4. The molecule has 38 heavy (non-hydrogen) atoms. The number of hydrogen-bond donors (Lipinski definition) is 5. The molecule has 0 radical (unpaired) electrons. The van der Waals surface area contributed by atoms with Crippen LogP contribution in [0.3, 0.4) is 0 Å². The number of hydrogen-bond acceptors (Lipinski definition) is 6. The Morgan fingerprint density at radius 3 is 2.71 bits per heavy atom. The van der Waals surface area contributed by atoms with Crippen LogP contribution in [0, 0.1) is 0 Å². The predicted octanol–water partition coefficient (Wildman–Crippen LogP) is 3.19. The number of fused-ring (bicyclic) bond motifs is 1. The van der Waals surface area contributed by atoms with Crippen LogP contribution in [0.15, 0.2) is 65.4 Å². The molecule has 1 aliphatic heterocycles. The lowest BCUT2D eigenvalue weighted by Crippen LogP contribution is -2.32. The van der Waals surface area contributed by atoms with Gasteiger partial charge in [-0.05, 0) is 48.6 Å². The first-order chi connectivity index (χ1) is 18.5. The van der Waals surface area contributed by atoms with Gasteiger partial charge in [0.1, 0.15) is 5.84 Å². The number of amides is 2. The summed E-state index contributed by atoms with van der Waals surface area (Å²) in [5, 5.41) is 15.9. The van der Waals surface area contributed by atoms with Gasteiger partial charge in [-0.1, -0.05) is 24.3 Å². The molecule has 10 nitrogen and oxygen atoms in total. The second kappa shape index (κ2) is 12.8. The fourth-order valence-corrected chi connectivity index (χ4v) is 4.60. The Labute approximate surface area is 221 Å². The van der Waals surface area contributed by atoms with E-state index in [1.165, 1.54) is 0 Å². The molecular weight excluding hydrogens is 486 g/mol. The molecule has 1 aliphatic rings. The van der Waals surface area contributed by atoms with Crippen molar-refractivity contribution in [3.05, 3.63) is 71.6 Å². The standard InChI is InChI=1S/C28H33N5O5/c1-37-24-11-10-18(15-25(24)38-2)14-21(22-17-31-23-8-4-3-7-20(22)23)28(35)30-13-12-29-26-9-5-6-19(16-32-26)27(34)33-36/h3-4,7-8,10-11,15-17,21,31,36H,5-6,9,12-14H2,1-2H3,(H,29,32)(H,30,35)(H,33,34). The number of methoxy groups -OCH3 is 2. The number of amidine groups is 1. The van der Waals surface area contributed by atoms with Crippen LogP contribution in [-0.4, -0.2) is 55.2 Å². The maximum absolute atomic E-state index is 13.5. The minimum atomic E-state index is -0.524. The smallest absolute Gasteiger partial charge is 0.272 e. The zero-order valence-electron chi connectivity index (χ0n) is 21.5. The molecule has 1 aromatic heterocycles. The average molecular weight is 520 g/mol. The van der Waals surface area contributed by atoms with Gasteiger partial charge in [-0.2, -0.15) is 0 Å². The van der Waals surface area contributed by atoms with Gasteiger partial charge in [0.15, 0.2) is 11.5 Å². The van der Waals surface area contributed by atoms with E-state index < -0.39 is 11.8 Å². The van der Waals surface area contributed by atoms with Gasteiger partial charge in [0.05, 0.1) is 26.7 Å². The van der Waals surface area contributed by atoms with Crippen molar-refractivity contribution in [1.29, 1.82) is 0 Å². The molecule has 0 spiro atoms. The third kappa shape index (κ3) is 6.33. The van der Waals surface area contributed by atoms with Gasteiger partial charge < -0.3 is 25.1 Å². The van der Waals surface area contributed by atoms with E-state index in [9.17, 15) is 9.59 Å². The second-order valence-electron chi connectivity index (χ2n) is 8.96. The number of carbonyl (C=O) groups excluding carboxylic acids is 2. The molecule has 0 saturated heterocycles. The minimum absolute atomic E-state index is 0.0969. The number of aromatic amines is 1. The molecule has 1 atom stereocenters. The van der Waals surface area contributed by atoms with Gasteiger partial charge in [-0.3, -0.25) is 19.8 Å². The normalized spacial score (nSPS) is 15.2. The highest BCUT2D eigenvalue weighted by molar-refractivity contribution is 5.94. The number of H-pyrrole nitrogens is 1. The topological polar surface area (TPSA) is 137 Å². The number of aliphatic imine (C=N–C) groups is 1. The van der Waals surface area contributed by atoms with E-state index in [4.69, 9.17) is 14.7 Å². The number of hydroxylamine groups is 1. The van der Waals surface area contributed by atoms with Crippen LogP contribution in [0.2, 0.25) is 0 Å². The summed E-state index contributed by atoms with van der Waals surface area (Å²) in [6.45, 7) is 0.753. The number of para-hydroxylation sites is 1. The van der Waals surface area contributed by atoms with Crippen molar-refractivity contribution >= 4 is 28.6 Å². The van der Waals surface area contributed by atoms with E-state index >= 15 is 0 Å². The summed E-state index contributed by atoms with van der Waals surface area (Å²) < 4.78 is 10.8. The number of aromatic nitrogens is 1. The van der Waals surface area contributed by atoms with Crippen LogP contribution in [0.25, 0.3) is 10.9 Å². The molecule has 200 valence electrons. The Kier molecular flexibility index (Phi) is 8.99. The van der Waals surface area contributed by atoms with E-state index in [2.05, 4.69) is 20.6 Å². The Morgan fingerprint density at radius 1 is 1.11 bits per heavy atom. The molecule has 2 heterocycles. The van der Waals surface area contributed by atoms with E-state index in [-0.39, 0.29) is 5.91 Å². The van der Waals surface area contributed by atoms with Crippen molar-refractivity contribution in [2.45, 2.75) is 31.6 Å². The number of benzene rings is 2. The summed E-state index contributed by atoms with van der Waals surface area (Å²) in [4.78, 5) is 33.0. The maximum atomic E-state index is 13.5. The van der Waals surface area contributed by atoms with Crippen LogP contribution in [0.5, 0.6) is 11.5 Å². The lowest BCUT2D eigenvalue weighted by Gasteiger charge is -2.18. The Bertz CT molecular complexity index is 1350. The zero-order valence-corrected chi connectivity index (χ0v) is 21.5. The number of ether oxygens (including phenoxy) is 2. The van der Waals surface area contributed by atoms with Gasteiger partial charge >= 0.3 is 0 Å². The van der Waals surface area contributed by atoms with Crippen LogP contribution >= 0.6 is 0 Å².